The highest BCUT2D eigenvalue weighted by Crippen LogP contribution is 2.24. The van der Waals surface area contributed by atoms with Crippen molar-refractivity contribution in [3.63, 3.8) is 0 Å². The molecule has 0 amide bonds. The summed E-state index contributed by atoms with van der Waals surface area (Å²) in [6.07, 6.45) is 3.54. The lowest BCUT2D eigenvalue weighted by Crippen LogP contribution is -2.20. The van der Waals surface area contributed by atoms with E-state index >= 15 is 0 Å². The predicted molar refractivity (Wildman–Crippen MR) is 133 cm³/mol. The molecule has 32 heavy (non-hydrogen) atoms. The number of benzene rings is 2. The second kappa shape index (κ2) is 9.99. The van der Waals surface area contributed by atoms with Gasteiger partial charge in [-0.05, 0) is 51.9 Å². The molecule has 0 aliphatic rings. The number of hydrogen-bond acceptors (Lipinski definition) is 3. The van der Waals surface area contributed by atoms with Crippen LogP contribution >= 0.6 is 51.3 Å². The Morgan fingerprint density at radius 2 is 1.75 bits per heavy atom. The van der Waals surface area contributed by atoms with Gasteiger partial charge in [0.2, 0.25) is 0 Å². The third-order valence-corrected chi connectivity index (χ3v) is 6.01. The molecule has 4 rings (SSSR count). The third-order valence-electron chi connectivity index (χ3n) is 4.50. The number of nitrogens with zero attached hydrogens (tertiary/aromatic N) is 4. The first-order valence-corrected chi connectivity index (χ1v) is 11.4. The Morgan fingerprint density at radius 3 is 2.53 bits per heavy atom. The molecule has 0 radical (unpaired) electrons. The normalized spacial score (nSPS) is 10.9. The van der Waals surface area contributed by atoms with Crippen LogP contribution in [-0.4, -0.2) is 24.7 Å². The van der Waals surface area contributed by atoms with E-state index in [0.29, 0.717) is 43.4 Å². The van der Waals surface area contributed by atoms with Crippen molar-refractivity contribution in [2.75, 3.05) is 10.6 Å². The molecule has 0 spiro atoms. The second-order valence-corrected chi connectivity index (χ2v) is 8.87. The molecule has 6 nitrogen and oxygen atoms in total. The van der Waals surface area contributed by atoms with Gasteiger partial charge in [0.15, 0.2) is 16.7 Å². The monoisotopic (exact) mass is 552 g/mol. The number of nitrogens with one attached hydrogen (secondary N) is 2. The number of hydrogen-bond donors (Lipinski definition) is 2. The minimum Gasteiger partial charge on any atom is -0.316 e. The molecule has 0 bridgehead atoms. The van der Waals surface area contributed by atoms with Crippen LogP contribution < -0.4 is 10.6 Å². The molecule has 2 heterocycles. The summed E-state index contributed by atoms with van der Waals surface area (Å²) in [7, 11) is 0. The van der Waals surface area contributed by atoms with Crippen LogP contribution in [0.1, 0.15) is 11.1 Å². The lowest BCUT2D eigenvalue weighted by atomic mass is 10.2. The summed E-state index contributed by atoms with van der Waals surface area (Å²) < 4.78 is 18.0. The zero-order valence-electron chi connectivity index (χ0n) is 16.4. The Kier molecular flexibility index (Phi) is 7.10. The van der Waals surface area contributed by atoms with Gasteiger partial charge in [0, 0.05) is 34.1 Å². The van der Waals surface area contributed by atoms with E-state index in [9.17, 15) is 4.39 Å². The Balaban J connectivity index is 1.39. The van der Waals surface area contributed by atoms with Crippen molar-refractivity contribution in [1.82, 2.24) is 19.6 Å². The zero-order valence-corrected chi connectivity index (χ0v) is 20.3. The van der Waals surface area contributed by atoms with Crippen LogP contribution in [0.3, 0.4) is 0 Å². The Bertz CT molecular complexity index is 1250. The smallest absolute Gasteiger partial charge is 0.177 e. The fourth-order valence-corrected chi connectivity index (χ4v) is 4.02. The van der Waals surface area contributed by atoms with Crippen LogP contribution in [0.25, 0.3) is 0 Å². The molecule has 0 saturated heterocycles. The highest BCUT2D eigenvalue weighted by molar-refractivity contribution is 9.10. The lowest BCUT2D eigenvalue weighted by molar-refractivity contribution is 0.586. The molecular formula is C21H16BrCl2FN6S. The summed E-state index contributed by atoms with van der Waals surface area (Å²) in [5, 5.41) is 16.2. The van der Waals surface area contributed by atoms with E-state index in [2.05, 4.69) is 36.8 Å². The van der Waals surface area contributed by atoms with Crippen molar-refractivity contribution in [3.05, 3.63) is 92.4 Å². The number of rotatable bonds is 6. The second-order valence-electron chi connectivity index (χ2n) is 6.79. The zero-order chi connectivity index (χ0) is 22.7. The largest absolute Gasteiger partial charge is 0.316 e. The summed E-state index contributed by atoms with van der Waals surface area (Å²) in [5.74, 6) is 0.664. The van der Waals surface area contributed by atoms with Crippen molar-refractivity contribution in [2.24, 2.45) is 0 Å². The minimum absolute atomic E-state index is 0.179. The van der Waals surface area contributed by atoms with E-state index < -0.39 is 0 Å². The first-order valence-electron chi connectivity index (χ1n) is 9.40. The standard InChI is InChI=1S/C21H16BrCl2FN6S/c22-15-12-31(11-14-17(24)6-3-7-18(14)25)29-20(15)27-21(32)26-19-8-9-30(28-19)10-13-4-1-2-5-16(13)23/h1-9,12H,10-11H2,(H2,26,27,28,29,32). The maximum absolute atomic E-state index is 14.1. The van der Waals surface area contributed by atoms with Gasteiger partial charge in [0.05, 0.1) is 17.6 Å². The topological polar surface area (TPSA) is 59.7 Å². The summed E-state index contributed by atoms with van der Waals surface area (Å²) in [6.45, 7) is 0.717. The summed E-state index contributed by atoms with van der Waals surface area (Å²) >= 11 is 21.1. The van der Waals surface area contributed by atoms with Gasteiger partial charge in [0.25, 0.3) is 0 Å². The number of aromatic nitrogens is 4. The number of halogens is 4. The Labute approximate surface area is 207 Å². The van der Waals surface area contributed by atoms with Crippen LogP contribution in [0.2, 0.25) is 10.0 Å². The first kappa shape index (κ1) is 22.7. The van der Waals surface area contributed by atoms with E-state index in [1.807, 2.05) is 30.5 Å². The molecule has 11 heteroatoms. The molecular weight excluding hydrogens is 538 g/mol. The third kappa shape index (κ3) is 5.47. The van der Waals surface area contributed by atoms with Crippen LogP contribution in [-0.2, 0) is 13.1 Å². The van der Waals surface area contributed by atoms with Gasteiger partial charge in [-0.15, -0.1) is 0 Å². The van der Waals surface area contributed by atoms with Gasteiger partial charge >= 0.3 is 0 Å². The molecule has 0 unspecified atom stereocenters. The van der Waals surface area contributed by atoms with Gasteiger partial charge < -0.3 is 10.6 Å². The van der Waals surface area contributed by atoms with Crippen molar-refractivity contribution in [3.8, 4) is 0 Å². The quantitative estimate of drug-likeness (QED) is 0.279. The lowest BCUT2D eigenvalue weighted by Gasteiger charge is -2.08. The molecule has 4 aromatic rings. The van der Waals surface area contributed by atoms with Gasteiger partial charge in [-0.3, -0.25) is 9.36 Å². The van der Waals surface area contributed by atoms with Crippen LogP contribution in [0, 0.1) is 5.82 Å². The predicted octanol–water partition coefficient (Wildman–Crippen LogP) is 6.19. The average molecular weight is 554 g/mol. The van der Waals surface area contributed by atoms with E-state index in [1.165, 1.54) is 6.07 Å². The molecule has 0 atom stereocenters. The Morgan fingerprint density at radius 1 is 0.969 bits per heavy atom. The molecule has 2 aromatic carbocycles. The molecule has 0 aliphatic heterocycles. The fraction of sp³-hybridized carbons (Fsp3) is 0.0952. The van der Waals surface area contributed by atoms with Crippen molar-refractivity contribution in [2.45, 2.75) is 13.1 Å². The van der Waals surface area contributed by atoms with E-state index in [1.54, 1.807) is 33.8 Å². The number of anilines is 2. The fourth-order valence-electron chi connectivity index (χ4n) is 2.98. The molecule has 0 saturated carbocycles. The van der Waals surface area contributed by atoms with Crippen LogP contribution in [0.5, 0.6) is 0 Å². The van der Waals surface area contributed by atoms with Crippen LogP contribution in [0.4, 0.5) is 16.0 Å². The number of thiocarbonyl (C=S) groups is 1. The van der Waals surface area contributed by atoms with Crippen LogP contribution in [0.15, 0.2) is 65.4 Å². The maximum atomic E-state index is 14.1. The minimum atomic E-state index is -0.386. The SMILES string of the molecule is Fc1cccc(Cl)c1Cn1cc(Br)c(NC(=S)Nc2ccn(Cc3ccccc3Cl)n2)n1. The van der Waals surface area contributed by atoms with E-state index in [4.69, 9.17) is 35.4 Å². The van der Waals surface area contributed by atoms with Crippen molar-refractivity contribution < 1.29 is 4.39 Å². The average Bonchev–Trinajstić information content (AvgIpc) is 3.32. The summed E-state index contributed by atoms with van der Waals surface area (Å²) in [5.41, 5.74) is 1.33. The summed E-state index contributed by atoms with van der Waals surface area (Å²) in [6, 6.07) is 14.0. The van der Waals surface area contributed by atoms with Crippen molar-refractivity contribution in [1.29, 1.82) is 0 Å². The maximum Gasteiger partial charge on any atom is 0.177 e. The molecule has 0 aliphatic carbocycles. The van der Waals surface area contributed by atoms with E-state index in [-0.39, 0.29) is 12.4 Å². The Hall–Kier alpha value is -2.46. The van der Waals surface area contributed by atoms with Crippen molar-refractivity contribution >= 4 is 68.1 Å². The van der Waals surface area contributed by atoms with Gasteiger partial charge in [0.1, 0.15) is 5.82 Å². The molecule has 2 N–H and O–H groups in total. The first-order chi connectivity index (χ1) is 15.4. The highest BCUT2D eigenvalue weighted by atomic mass is 79.9. The molecule has 0 fully saturated rings. The van der Waals surface area contributed by atoms with Gasteiger partial charge in [-0.2, -0.15) is 10.2 Å². The van der Waals surface area contributed by atoms with Gasteiger partial charge in [-0.25, -0.2) is 4.39 Å². The van der Waals surface area contributed by atoms with E-state index in [0.717, 1.165) is 5.56 Å². The van der Waals surface area contributed by atoms with Gasteiger partial charge in [-0.1, -0.05) is 47.5 Å². The molecule has 2 aromatic heterocycles. The summed E-state index contributed by atoms with van der Waals surface area (Å²) in [4.78, 5) is 0. The molecule has 164 valence electrons. The highest BCUT2D eigenvalue weighted by Gasteiger charge is 2.13.